The highest BCUT2D eigenvalue weighted by Gasteiger charge is 2.18. The van der Waals surface area contributed by atoms with Crippen LogP contribution < -0.4 is 0 Å². The van der Waals surface area contributed by atoms with E-state index < -0.39 is 5.67 Å². The quantitative estimate of drug-likeness (QED) is 0.404. The fourth-order valence-electron chi connectivity index (χ4n) is 0.159. The first-order valence-electron chi connectivity index (χ1n) is 2.41. The van der Waals surface area contributed by atoms with Crippen LogP contribution in [0.2, 0.25) is 0 Å². The largest absolute Gasteiger partial charge is 0.240 e. The Kier molecular flexibility index (Phi) is 2.48. The molecular formula is C6H10ClF. The van der Waals surface area contributed by atoms with E-state index in [1.807, 2.05) is 0 Å². The van der Waals surface area contributed by atoms with Gasteiger partial charge in [-0.25, -0.2) is 4.39 Å². The Labute approximate surface area is 54.3 Å². The Balaban J connectivity index is 3.82. The van der Waals surface area contributed by atoms with Crippen LogP contribution in [-0.2, 0) is 0 Å². The molecule has 0 spiro atoms. The molecule has 0 saturated heterocycles. The molecule has 0 amide bonds. The number of halogens is 2. The first-order chi connectivity index (χ1) is 3.48. The lowest BCUT2D eigenvalue weighted by atomic mass is 10.0. The maximum atomic E-state index is 12.6. The van der Waals surface area contributed by atoms with Crippen LogP contribution in [-0.4, -0.2) is 11.5 Å². The molecule has 0 aliphatic heterocycles. The molecule has 0 N–H and O–H groups in total. The Hall–Kier alpha value is -0.0400. The molecule has 0 aromatic carbocycles. The molecule has 48 valence electrons. The summed E-state index contributed by atoms with van der Waals surface area (Å²) in [7, 11) is 0. The van der Waals surface area contributed by atoms with Crippen LogP contribution in [0.25, 0.3) is 0 Å². The molecule has 0 radical (unpaired) electrons. The zero-order valence-corrected chi connectivity index (χ0v) is 5.93. The van der Waals surface area contributed by atoms with E-state index in [0.717, 1.165) is 0 Å². The van der Waals surface area contributed by atoms with Crippen molar-refractivity contribution >= 4 is 11.6 Å². The van der Waals surface area contributed by atoms with Crippen molar-refractivity contribution in [2.75, 3.05) is 5.88 Å². The fraction of sp³-hybridized carbons (Fsp3) is 0.667. The van der Waals surface area contributed by atoms with Gasteiger partial charge >= 0.3 is 0 Å². The van der Waals surface area contributed by atoms with Crippen LogP contribution >= 0.6 is 11.6 Å². The van der Waals surface area contributed by atoms with Gasteiger partial charge in [0.25, 0.3) is 0 Å². The van der Waals surface area contributed by atoms with Crippen molar-refractivity contribution in [3.63, 3.8) is 0 Å². The number of rotatable bonds is 2. The van der Waals surface area contributed by atoms with Crippen molar-refractivity contribution in [3.8, 4) is 0 Å². The molecule has 0 atom stereocenters. The summed E-state index contributed by atoms with van der Waals surface area (Å²) in [5.41, 5.74) is -0.888. The molecule has 0 heterocycles. The fourth-order valence-corrected chi connectivity index (χ4v) is 0.477. The predicted molar refractivity (Wildman–Crippen MR) is 35.0 cm³/mol. The van der Waals surface area contributed by atoms with Gasteiger partial charge in [-0.2, -0.15) is 0 Å². The van der Waals surface area contributed by atoms with Crippen molar-refractivity contribution in [1.29, 1.82) is 0 Å². The van der Waals surface area contributed by atoms with E-state index in [2.05, 4.69) is 6.58 Å². The lowest BCUT2D eigenvalue weighted by Crippen LogP contribution is -2.15. The average molecular weight is 137 g/mol. The number of hydrogen-bond donors (Lipinski definition) is 0. The second kappa shape index (κ2) is 2.49. The maximum Gasteiger partial charge on any atom is 0.127 e. The molecule has 0 fully saturated rings. The zero-order chi connectivity index (χ0) is 6.78. The lowest BCUT2D eigenvalue weighted by Gasteiger charge is -2.13. The third-order valence-electron chi connectivity index (χ3n) is 1.00. The summed E-state index contributed by atoms with van der Waals surface area (Å²) in [6.45, 7) is 6.32. The van der Waals surface area contributed by atoms with E-state index in [-0.39, 0.29) is 5.88 Å². The molecule has 0 aromatic rings. The first kappa shape index (κ1) is 7.96. The van der Waals surface area contributed by atoms with E-state index in [9.17, 15) is 4.39 Å². The Bertz CT molecular complexity index is 91.2. The minimum Gasteiger partial charge on any atom is -0.240 e. The second-order valence-electron chi connectivity index (χ2n) is 2.21. The summed E-state index contributed by atoms with van der Waals surface area (Å²) < 4.78 is 12.6. The van der Waals surface area contributed by atoms with Gasteiger partial charge in [0.05, 0.1) is 0 Å². The van der Waals surface area contributed by atoms with Crippen molar-refractivity contribution in [3.05, 3.63) is 12.2 Å². The van der Waals surface area contributed by atoms with Crippen LogP contribution in [0.3, 0.4) is 0 Å². The topological polar surface area (TPSA) is 0 Å². The Morgan fingerprint density at radius 2 is 2.12 bits per heavy atom. The molecule has 0 aliphatic carbocycles. The molecule has 0 saturated carbocycles. The first-order valence-corrected chi connectivity index (χ1v) is 2.95. The van der Waals surface area contributed by atoms with Crippen LogP contribution in [0.4, 0.5) is 4.39 Å². The van der Waals surface area contributed by atoms with Gasteiger partial charge in [-0.05, 0) is 19.4 Å². The van der Waals surface area contributed by atoms with E-state index in [4.69, 9.17) is 11.6 Å². The van der Waals surface area contributed by atoms with Crippen molar-refractivity contribution in [2.24, 2.45) is 0 Å². The normalized spacial score (nSPS) is 11.5. The monoisotopic (exact) mass is 136 g/mol. The van der Waals surface area contributed by atoms with Gasteiger partial charge in [-0.1, -0.05) is 6.58 Å². The number of alkyl halides is 2. The predicted octanol–water partition coefficient (Wildman–Crippen LogP) is 2.53. The average Bonchev–Trinajstić information content (AvgIpc) is 1.62. The summed E-state index contributed by atoms with van der Waals surface area (Å²) in [5.74, 6) is 0.198. The second-order valence-corrected chi connectivity index (χ2v) is 2.48. The van der Waals surface area contributed by atoms with Gasteiger partial charge in [0.1, 0.15) is 5.67 Å². The third kappa shape index (κ3) is 2.31. The van der Waals surface area contributed by atoms with E-state index in [1.54, 1.807) is 0 Å². The summed E-state index contributed by atoms with van der Waals surface area (Å²) in [6, 6.07) is 0. The van der Waals surface area contributed by atoms with Crippen LogP contribution in [0.5, 0.6) is 0 Å². The molecule has 0 aliphatic rings. The van der Waals surface area contributed by atoms with Crippen LogP contribution in [0.1, 0.15) is 13.8 Å². The molecule has 0 nitrogen and oxygen atoms in total. The minimum absolute atomic E-state index is 0.198. The van der Waals surface area contributed by atoms with Crippen molar-refractivity contribution in [2.45, 2.75) is 19.5 Å². The van der Waals surface area contributed by atoms with Gasteiger partial charge in [0.15, 0.2) is 0 Å². The van der Waals surface area contributed by atoms with Gasteiger partial charge < -0.3 is 0 Å². The molecule has 8 heavy (non-hydrogen) atoms. The highest BCUT2D eigenvalue weighted by molar-refractivity contribution is 6.19. The van der Waals surface area contributed by atoms with E-state index >= 15 is 0 Å². The lowest BCUT2D eigenvalue weighted by molar-refractivity contribution is 0.270. The number of allylic oxidation sites excluding steroid dienone is 1. The van der Waals surface area contributed by atoms with E-state index in [1.165, 1.54) is 13.8 Å². The van der Waals surface area contributed by atoms with Gasteiger partial charge in [0, 0.05) is 5.88 Å². The smallest absolute Gasteiger partial charge is 0.127 e. The SMILES string of the molecule is C=C(CCl)C(C)(C)F. The third-order valence-corrected chi connectivity index (χ3v) is 1.32. The van der Waals surface area contributed by atoms with Crippen molar-refractivity contribution < 1.29 is 4.39 Å². The summed E-state index contributed by atoms with van der Waals surface area (Å²) in [4.78, 5) is 0. The Morgan fingerprint density at radius 3 is 2.12 bits per heavy atom. The molecule has 0 rings (SSSR count). The van der Waals surface area contributed by atoms with Gasteiger partial charge in [0.2, 0.25) is 0 Å². The molecular weight excluding hydrogens is 127 g/mol. The maximum absolute atomic E-state index is 12.6. The van der Waals surface area contributed by atoms with Crippen LogP contribution in [0, 0.1) is 0 Å². The van der Waals surface area contributed by atoms with E-state index in [0.29, 0.717) is 5.57 Å². The van der Waals surface area contributed by atoms with Gasteiger partial charge in [-0.15, -0.1) is 11.6 Å². The van der Waals surface area contributed by atoms with Crippen LogP contribution in [0.15, 0.2) is 12.2 Å². The molecule has 0 unspecified atom stereocenters. The highest BCUT2D eigenvalue weighted by Crippen LogP contribution is 2.18. The summed E-state index contributed by atoms with van der Waals surface area (Å²) in [5, 5.41) is 0. The van der Waals surface area contributed by atoms with Gasteiger partial charge in [-0.3, -0.25) is 0 Å². The molecule has 2 heteroatoms. The number of hydrogen-bond acceptors (Lipinski definition) is 0. The molecule has 0 bridgehead atoms. The highest BCUT2D eigenvalue weighted by atomic mass is 35.5. The minimum atomic E-state index is -1.32. The zero-order valence-electron chi connectivity index (χ0n) is 5.17. The standard InChI is InChI=1S/C6H10ClF/c1-5(4-7)6(2,3)8/h1,4H2,2-3H3. The Morgan fingerprint density at radius 1 is 1.75 bits per heavy atom. The molecule has 0 aromatic heterocycles. The summed E-state index contributed by atoms with van der Waals surface area (Å²) in [6.07, 6.45) is 0. The summed E-state index contributed by atoms with van der Waals surface area (Å²) >= 11 is 5.30. The van der Waals surface area contributed by atoms with Crippen molar-refractivity contribution in [1.82, 2.24) is 0 Å².